The molecule has 4 nitrogen and oxygen atoms in total. The molecule has 1 aromatic rings. The average Bonchev–Trinajstić information content (AvgIpc) is 2.20. The molecular formula is C8H11Cl2N3O. The van der Waals surface area contributed by atoms with E-state index in [9.17, 15) is 0 Å². The number of anilines is 1. The van der Waals surface area contributed by atoms with Crippen molar-refractivity contribution in [2.24, 2.45) is 5.84 Å². The molecule has 0 saturated carbocycles. The summed E-state index contributed by atoms with van der Waals surface area (Å²) in [5.74, 6) is 5.65. The van der Waals surface area contributed by atoms with Crippen LogP contribution >= 0.6 is 23.2 Å². The van der Waals surface area contributed by atoms with E-state index in [0.29, 0.717) is 28.2 Å². The first-order chi connectivity index (χ1) is 6.70. The van der Waals surface area contributed by atoms with Crippen molar-refractivity contribution in [3.05, 3.63) is 22.2 Å². The number of nitrogens with one attached hydrogen (secondary N) is 2. The zero-order chi connectivity index (χ0) is 10.6. The molecule has 4 N–H and O–H groups in total. The van der Waals surface area contributed by atoms with Crippen molar-refractivity contribution in [1.29, 1.82) is 0 Å². The zero-order valence-corrected chi connectivity index (χ0v) is 9.12. The van der Waals surface area contributed by atoms with Gasteiger partial charge in [0.2, 0.25) is 0 Å². The van der Waals surface area contributed by atoms with Gasteiger partial charge in [-0.1, -0.05) is 23.2 Å². The first-order valence-corrected chi connectivity index (χ1v) is 4.65. The van der Waals surface area contributed by atoms with Gasteiger partial charge in [0.05, 0.1) is 24.5 Å². The maximum absolute atomic E-state index is 5.97. The van der Waals surface area contributed by atoms with E-state index < -0.39 is 0 Å². The van der Waals surface area contributed by atoms with Crippen LogP contribution in [-0.2, 0) is 0 Å². The molecule has 6 heteroatoms. The Morgan fingerprint density at radius 1 is 1.36 bits per heavy atom. The number of hydrazine groups is 1. The fourth-order valence-corrected chi connectivity index (χ4v) is 1.44. The van der Waals surface area contributed by atoms with Crippen LogP contribution in [0.15, 0.2) is 12.1 Å². The normalized spacial score (nSPS) is 10.0. The lowest BCUT2D eigenvalue weighted by Gasteiger charge is -2.10. The molecule has 0 atom stereocenters. The van der Waals surface area contributed by atoms with E-state index in [1.54, 1.807) is 12.1 Å². The minimum absolute atomic E-state index is 0.385. The van der Waals surface area contributed by atoms with Crippen LogP contribution in [0.5, 0.6) is 5.75 Å². The summed E-state index contributed by atoms with van der Waals surface area (Å²) in [7, 11) is 1.53. The van der Waals surface area contributed by atoms with Gasteiger partial charge in [0.15, 0.2) is 0 Å². The highest BCUT2D eigenvalue weighted by Gasteiger charge is 2.09. The SMILES string of the molecule is COc1ccc(NCNN)c(Cl)c1Cl. The second-order valence-electron chi connectivity index (χ2n) is 2.50. The van der Waals surface area contributed by atoms with Crippen LogP contribution in [0.25, 0.3) is 0 Å². The molecular weight excluding hydrogens is 225 g/mol. The van der Waals surface area contributed by atoms with Crippen molar-refractivity contribution in [3.8, 4) is 5.75 Å². The highest BCUT2D eigenvalue weighted by Crippen LogP contribution is 2.36. The van der Waals surface area contributed by atoms with Crippen molar-refractivity contribution in [3.63, 3.8) is 0 Å². The van der Waals surface area contributed by atoms with Gasteiger partial charge in [-0.25, -0.2) is 5.43 Å². The third-order valence-corrected chi connectivity index (χ3v) is 2.51. The summed E-state index contributed by atoms with van der Waals surface area (Å²) in [5.41, 5.74) is 3.15. The zero-order valence-electron chi connectivity index (χ0n) is 7.60. The van der Waals surface area contributed by atoms with Crippen LogP contribution in [0.2, 0.25) is 10.0 Å². The van der Waals surface area contributed by atoms with Gasteiger partial charge in [-0.2, -0.15) is 0 Å². The van der Waals surface area contributed by atoms with Gasteiger partial charge in [0, 0.05) is 0 Å². The molecule has 78 valence electrons. The third kappa shape index (κ3) is 2.42. The van der Waals surface area contributed by atoms with Crippen LogP contribution in [0.3, 0.4) is 0 Å². The predicted octanol–water partition coefficient (Wildman–Crippen LogP) is 1.83. The molecule has 0 radical (unpaired) electrons. The van der Waals surface area contributed by atoms with Crippen LogP contribution in [-0.4, -0.2) is 13.8 Å². The van der Waals surface area contributed by atoms with Crippen molar-refractivity contribution in [2.75, 3.05) is 19.1 Å². The minimum Gasteiger partial charge on any atom is -0.495 e. The molecule has 0 aliphatic rings. The van der Waals surface area contributed by atoms with Gasteiger partial charge in [-0.3, -0.25) is 5.84 Å². The van der Waals surface area contributed by atoms with E-state index in [1.165, 1.54) is 7.11 Å². The Bertz CT molecular complexity index is 320. The molecule has 0 amide bonds. The molecule has 0 fully saturated rings. The largest absolute Gasteiger partial charge is 0.495 e. The summed E-state index contributed by atoms with van der Waals surface area (Å²) in [6.07, 6.45) is 0. The van der Waals surface area contributed by atoms with Gasteiger partial charge >= 0.3 is 0 Å². The highest BCUT2D eigenvalue weighted by atomic mass is 35.5. The molecule has 0 saturated heterocycles. The number of rotatable bonds is 4. The number of benzene rings is 1. The summed E-state index contributed by atoms with van der Waals surface area (Å²) in [6.45, 7) is 0.405. The number of methoxy groups -OCH3 is 1. The Labute approximate surface area is 92.3 Å². The van der Waals surface area contributed by atoms with E-state index in [1.807, 2.05) is 0 Å². The lowest BCUT2D eigenvalue weighted by molar-refractivity contribution is 0.415. The Balaban J connectivity index is 2.92. The quantitative estimate of drug-likeness (QED) is 0.424. The number of ether oxygens (including phenoxy) is 1. The standard InChI is InChI=1S/C8H11Cl2N3O/c1-14-6-3-2-5(12-4-13-11)7(9)8(6)10/h2-3,12-13H,4,11H2,1H3. The number of halogens is 2. The summed E-state index contributed by atoms with van der Waals surface area (Å²) in [4.78, 5) is 0. The lowest BCUT2D eigenvalue weighted by atomic mass is 10.3. The van der Waals surface area contributed by atoms with Gasteiger partial charge in [-0.05, 0) is 12.1 Å². The van der Waals surface area contributed by atoms with Gasteiger partial charge < -0.3 is 10.1 Å². The maximum atomic E-state index is 5.97. The molecule has 1 aromatic carbocycles. The van der Waals surface area contributed by atoms with E-state index in [-0.39, 0.29) is 0 Å². The molecule has 0 unspecified atom stereocenters. The predicted molar refractivity (Wildman–Crippen MR) is 58.8 cm³/mol. The average molecular weight is 236 g/mol. The Hall–Kier alpha value is -0.680. The fraction of sp³-hybridized carbons (Fsp3) is 0.250. The van der Waals surface area contributed by atoms with Crippen molar-refractivity contribution in [2.45, 2.75) is 0 Å². The molecule has 14 heavy (non-hydrogen) atoms. The number of hydrogen-bond donors (Lipinski definition) is 3. The summed E-state index contributed by atoms with van der Waals surface area (Å²) in [6, 6.07) is 3.50. The second kappa shape index (κ2) is 5.26. The van der Waals surface area contributed by atoms with Crippen LogP contribution < -0.4 is 21.3 Å². The van der Waals surface area contributed by atoms with E-state index >= 15 is 0 Å². The van der Waals surface area contributed by atoms with Crippen molar-refractivity contribution < 1.29 is 4.74 Å². The van der Waals surface area contributed by atoms with Gasteiger partial charge in [0.1, 0.15) is 10.8 Å². The summed E-state index contributed by atoms with van der Waals surface area (Å²) >= 11 is 11.9. The number of hydrogen-bond acceptors (Lipinski definition) is 4. The fourth-order valence-electron chi connectivity index (χ4n) is 0.972. The first-order valence-electron chi connectivity index (χ1n) is 3.90. The van der Waals surface area contributed by atoms with Gasteiger partial charge in [0.25, 0.3) is 0 Å². The molecule has 0 heterocycles. The molecule has 1 rings (SSSR count). The summed E-state index contributed by atoms with van der Waals surface area (Å²) < 4.78 is 5.00. The molecule has 0 spiro atoms. The smallest absolute Gasteiger partial charge is 0.139 e. The topological polar surface area (TPSA) is 59.3 Å². The Kier molecular flexibility index (Phi) is 4.28. The number of nitrogens with two attached hydrogens (primary N) is 1. The van der Waals surface area contributed by atoms with Crippen LogP contribution in [0.1, 0.15) is 0 Å². The Morgan fingerprint density at radius 3 is 2.64 bits per heavy atom. The molecule has 0 aromatic heterocycles. The second-order valence-corrected chi connectivity index (χ2v) is 3.26. The molecule has 0 aliphatic heterocycles. The lowest BCUT2D eigenvalue weighted by Crippen LogP contribution is -2.28. The highest BCUT2D eigenvalue weighted by molar-refractivity contribution is 6.44. The summed E-state index contributed by atoms with van der Waals surface area (Å²) in [5, 5.41) is 3.75. The monoisotopic (exact) mass is 235 g/mol. The van der Waals surface area contributed by atoms with E-state index in [4.69, 9.17) is 33.8 Å². The molecule has 0 aliphatic carbocycles. The minimum atomic E-state index is 0.385. The molecule has 0 bridgehead atoms. The first kappa shape index (κ1) is 11.4. The Morgan fingerprint density at radius 2 is 2.07 bits per heavy atom. The van der Waals surface area contributed by atoms with E-state index in [0.717, 1.165) is 0 Å². The van der Waals surface area contributed by atoms with Crippen LogP contribution in [0.4, 0.5) is 5.69 Å². The maximum Gasteiger partial charge on any atom is 0.139 e. The van der Waals surface area contributed by atoms with Gasteiger partial charge in [-0.15, -0.1) is 0 Å². The van der Waals surface area contributed by atoms with Crippen LogP contribution in [0, 0.1) is 0 Å². The van der Waals surface area contributed by atoms with Crippen molar-refractivity contribution >= 4 is 28.9 Å². The third-order valence-electron chi connectivity index (χ3n) is 1.65. The van der Waals surface area contributed by atoms with Crippen molar-refractivity contribution in [1.82, 2.24) is 5.43 Å². The van der Waals surface area contributed by atoms with E-state index in [2.05, 4.69) is 10.7 Å².